The van der Waals surface area contributed by atoms with Gasteiger partial charge in [-0.25, -0.2) is 0 Å². The molecular weight excluding hydrogens is 400 g/mol. The van der Waals surface area contributed by atoms with Crippen LogP contribution in [0.5, 0.6) is 0 Å². The van der Waals surface area contributed by atoms with Crippen LogP contribution in [-0.4, -0.2) is 40.0 Å². The van der Waals surface area contributed by atoms with Crippen molar-refractivity contribution in [2.24, 2.45) is 0 Å². The molecule has 0 aliphatic carbocycles. The summed E-state index contributed by atoms with van der Waals surface area (Å²) in [7, 11) is 7.93. The largest absolute Gasteiger partial charge is 0.378 e. The number of benzene rings is 3. The van der Waals surface area contributed by atoms with E-state index in [4.69, 9.17) is 0 Å². The number of anilines is 2. The Hall–Kier alpha value is -3.80. The minimum Gasteiger partial charge on any atom is -0.378 e. The predicted molar refractivity (Wildman–Crippen MR) is 130 cm³/mol. The van der Waals surface area contributed by atoms with Gasteiger partial charge in [0.15, 0.2) is 0 Å². The molecule has 6 nitrogen and oxygen atoms in total. The number of nitrogens with one attached hydrogen (secondary N) is 2. The Morgan fingerprint density at radius 3 is 1.34 bits per heavy atom. The quantitative estimate of drug-likeness (QED) is 0.572. The predicted octanol–water partition coefficient (Wildman–Crippen LogP) is 3.68. The molecule has 0 atom stereocenters. The van der Waals surface area contributed by atoms with E-state index in [-0.39, 0.29) is 11.8 Å². The summed E-state index contributed by atoms with van der Waals surface area (Å²) in [6.45, 7) is 0.878. The van der Waals surface area contributed by atoms with Crippen molar-refractivity contribution < 1.29 is 9.59 Å². The van der Waals surface area contributed by atoms with Crippen molar-refractivity contribution in [1.29, 1.82) is 0 Å². The van der Waals surface area contributed by atoms with Gasteiger partial charge in [0.25, 0.3) is 11.8 Å². The van der Waals surface area contributed by atoms with Gasteiger partial charge in [0.1, 0.15) is 0 Å². The molecular formula is C26H30N4O2. The normalized spacial score (nSPS) is 10.4. The number of carbonyl (C=O) groups excluding carboxylic acids is 2. The molecule has 0 heterocycles. The van der Waals surface area contributed by atoms with Gasteiger partial charge >= 0.3 is 0 Å². The zero-order chi connectivity index (χ0) is 23.1. The van der Waals surface area contributed by atoms with E-state index >= 15 is 0 Å². The highest BCUT2D eigenvalue weighted by Gasteiger charge is 2.10. The SMILES string of the molecule is CN(C)c1cccc(CNC(=O)c2ccc(C(=O)NCc3cccc(N(C)C)c3)cc2)c1. The summed E-state index contributed by atoms with van der Waals surface area (Å²) < 4.78 is 0. The topological polar surface area (TPSA) is 64.7 Å². The van der Waals surface area contributed by atoms with E-state index in [9.17, 15) is 9.59 Å². The Kier molecular flexibility index (Phi) is 7.49. The van der Waals surface area contributed by atoms with Crippen molar-refractivity contribution in [3.63, 3.8) is 0 Å². The van der Waals surface area contributed by atoms with Crippen molar-refractivity contribution in [2.75, 3.05) is 38.0 Å². The third kappa shape index (κ3) is 6.11. The number of nitrogens with zero attached hydrogens (tertiary/aromatic N) is 2. The molecule has 0 spiro atoms. The first-order valence-corrected chi connectivity index (χ1v) is 10.5. The third-order valence-electron chi connectivity index (χ3n) is 5.17. The smallest absolute Gasteiger partial charge is 0.251 e. The maximum absolute atomic E-state index is 12.5. The maximum Gasteiger partial charge on any atom is 0.251 e. The summed E-state index contributed by atoms with van der Waals surface area (Å²) in [5.74, 6) is -0.347. The number of hydrogen-bond acceptors (Lipinski definition) is 4. The van der Waals surface area contributed by atoms with Crippen LogP contribution in [0.25, 0.3) is 0 Å². The van der Waals surface area contributed by atoms with Gasteiger partial charge in [0.2, 0.25) is 0 Å². The van der Waals surface area contributed by atoms with E-state index in [1.165, 1.54) is 0 Å². The molecule has 0 saturated heterocycles. The summed E-state index contributed by atoms with van der Waals surface area (Å²) in [6.07, 6.45) is 0. The summed E-state index contributed by atoms with van der Waals surface area (Å²) in [6, 6.07) is 22.7. The minimum absolute atomic E-state index is 0.173. The summed E-state index contributed by atoms with van der Waals surface area (Å²) >= 11 is 0. The van der Waals surface area contributed by atoms with Gasteiger partial charge in [-0.1, -0.05) is 24.3 Å². The summed E-state index contributed by atoms with van der Waals surface area (Å²) in [5, 5.41) is 5.86. The molecule has 0 radical (unpaired) electrons. The zero-order valence-electron chi connectivity index (χ0n) is 19.1. The standard InChI is InChI=1S/C26H30N4O2/c1-29(2)23-9-5-7-19(15-23)17-27-25(31)21-11-13-22(14-12-21)26(32)28-18-20-8-6-10-24(16-20)30(3)4/h5-16H,17-18H2,1-4H3,(H,27,31)(H,28,32). The van der Waals surface area contributed by atoms with Crippen LogP contribution in [-0.2, 0) is 13.1 Å². The first kappa shape index (κ1) is 22.9. The first-order valence-electron chi connectivity index (χ1n) is 10.5. The molecule has 3 aromatic rings. The van der Waals surface area contributed by atoms with Crippen LogP contribution in [0.15, 0.2) is 72.8 Å². The van der Waals surface area contributed by atoms with E-state index in [2.05, 4.69) is 10.6 Å². The number of carbonyl (C=O) groups is 2. The van der Waals surface area contributed by atoms with Gasteiger partial charge in [0, 0.05) is 63.8 Å². The van der Waals surface area contributed by atoms with Crippen molar-refractivity contribution in [3.05, 3.63) is 95.1 Å². The van der Waals surface area contributed by atoms with Crippen LogP contribution in [0.3, 0.4) is 0 Å². The number of amides is 2. The van der Waals surface area contributed by atoms with Crippen LogP contribution < -0.4 is 20.4 Å². The number of rotatable bonds is 8. The highest BCUT2D eigenvalue weighted by molar-refractivity contribution is 5.97. The summed E-state index contributed by atoms with van der Waals surface area (Å²) in [4.78, 5) is 29.0. The molecule has 32 heavy (non-hydrogen) atoms. The molecule has 0 saturated carbocycles. The monoisotopic (exact) mass is 430 g/mol. The molecule has 6 heteroatoms. The van der Waals surface area contributed by atoms with Gasteiger partial charge < -0.3 is 20.4 Å². The fourth-order valence-electron chi connectivity index (χ4n) is 3.23. The van der Waals surface area contributed by atoms with Crippen molar-refractivity contribution in [3.8, 4) is 0 Å². The second kappa shape index (κ2) is 10.5. The van der Waals surface area contributed by atoms with Gasteiger partial charge in [-0.15, -0.1) is 0 Å². The van der Waals surface area contributed by atoms with Crippen LogP contribution in [0, 0.1) is 0 Å². The maximum atomic E-state index is 12.5. The van der Waals surface area contributed by atoms with Gasteiger partial charge in [0.05, 0.1) is 0 Å². The highest BCUT2D eigenvalue weighted by atomic mass is 16.2. The lowest BCUT2D eigenvalue weighted by Crippen LogP contribution is -2.24. The molecule has 0 aliphatic rings. The minimum atomic E-state index is -0.173. The van der Waals surface area contributed by atoms with E-state index in [1.54, 1.807) is 24.3 Å². The number of hydrogen-bond donors (Lipinski definition) is 2. The Bertz CT molecular complexity index is 989. The molecule has 166 valence electrons. The van der Waals surface area contributed by atoms with Crippen LogP contribution in [0.1, 0.15) is 31.8 Å². The second-order valence-corrected chi connectivity index (χ2v) is 8.07. The fourth-order valence-corrected chi connectivity index (χ4v) is 3.23. The van der Waals surface area contributed by atoms with Crippen LogP contribution in [0.2, 0.25) is 0 Å². The lowest BCUT2D eigenvalue weighted by atomic mass is 10.1. The molecule has 0 fully saturated rings. The van der Waals surface area contributed by atoms with Crippen molar-refractivity contribution in [1.82, 2.24) is 10.6 Å². The average molecular weight is 431 g/mol. The van der Waals surface area contributed by atoms with E-state index in [0.29, 0.717) is 24.2 Å². The Balaban J connectivity index is 1.54. The lowest BCUT2D eigenvalue weighted by molar-refractivity contribution is 0.0939. The molecule has 0 bridgehead atoms. The van der Waals surface area contributed by atoms with Crippen LogP contribution in [0.4, 0.5) is 11.4 Å². The summed E-state index contributed by atoms with van der Waals surface area (Å²) in [5.41, 5.74) is 5.26. The van der Waals surface area contributed by atoms with Gasteiger partial charge in [-0.3, -0.25) is 9.59 Å². The Morgan fingerprint density at radius 2 is 1.00 bits per heavy atom. The highest BCUT2D eigenvalue weighted by Crippen LogP contribution is 2.15. The lowest BCUT2D eigenvalue weighted by Gasteiger charge is -2.14. The third-order valence-corrected chi connectivity index (χ3v) is 5.17. The Labute approximate surface area is 189 Å². The molecule has 2 amide bonds. The van der Waals surface area contributed by atoms with E-state index < -0.39 is 0 Å². The van der Waals surface area contributed by atoms with Gasteiger partial charge in [-0.05, 0) is 59.7 Å². The molecule has 2 N–H and O–H groups in total. The molecule has 3 rings (SSSR count). The fraction of sp³-hybridized carbons (Fsp3) is 0.231. The van der Waals surface area contributed by atoms with Gasteiger partial charge in [-0.2, -0.15) is 0 Å². The van der Waals surface area contributed by atoms with Crippen molar-refractivity contribution >= 4 is 23.2 Å². The Morgan fingerprint density at radius 1 is 0.625 bits per heavy atom. The molecule has 3 aromatic carbocycles. The second-order valence-electron chi connectivity index (χ2n) is 8.07. The van der Waals surface area contributed by atoms with E-state index in [1.807, 2.05) is 86.5 Å². The van der Waals surface area contributed by atoms with E-state index in [0.717, 1.165) is 22.5 Å². The zero-order valence-corrected chi connectivity index (χ0v) is 19.1. The average Bonchev–Trinajstić information content (AvgIpc) is 2.81. The molecule has 0 aliphatic heterocycles. The van der Waals surface area contributed by atoms with Crippen LogP contribution >= 0.6 is 0 Å². The molecule has 0 unspecified atom stereocenters. The van der Waals surface area contributed by atoms with Crippen molar-refractivity contribution in [2.45, 2.75) is 13.1 Å². The molecule has 0 aromatic heterocycles. The first-order chi connectivity index (χ1) is 15.3.